The fraction of sp³-hybridized carbons (Fsp3) is 0.438. The molecule has 3 heterocycles. The molecule has 0 saturated heterocycles. The molecule has 2 N–H and O–H groups in total. The van der Waals surface area contributed by atoms with Gasteiger partial charge >= 0.3 is 0 Å². The van der Waals surface area contributed by atoms with Crippen LogP contribution in [0.25, 0.3) is 0 Å². The van der Waals surface area contributed by atoms with E-state index in [2.05, 4.69) is 17.6 Å². The lowest BCUT2D eigenvalue weighted by Gasteiger charge is -2.25. The molecule has 110 valence electrons. The molecule has 1 amide bonds. The van der Waals surface area contributed by atoms with Crippen molar-refractivity contribution in [1.82, 2.24) is 5.32 Å². The Morgan fingerprint density at radius 3 is 3.10 bits per heavy atom. The van der Waals surface area contributed by atoms with Crippen LogP contribution in [0.2, 0.25) is 0 Å². The van der Waals surface area contributed by atoms with Crippen LogP contribution < -0.4 is 10.6 Å². The molecule has 0 aromatic carbocycles. The summed E-state index contributed by atoms with van der Waals surface area (Å²) in [5.74, 6) is 1.53. The maximum atomic E-state index is 12.5. The third kappa shape index (κ3) is 2.07. The zero-order valence-electron chi connectivity index (χ0n) is 11.9. The average Bonchev–Trinajstić information content (AvgIpc) is 3.13. The summed E-state index contributed by atoms with van der Waals surface area (Å²) in [6.07, 6.45) is 5.92. The number of amides is 1. The molecule has 0 unspecified atom stereocenters. The number of furan rings is 1. The van der Waals surface area contributed by atoms with Gasteiger partial charge in [0.1, 0.15) is 10.8 Å². The molecule has 21 heavy (non-hydrogen) atoms. The van der Waals surface area contributed by atoms with E-state index >= 15 is 0 Å². The number of thiophene rings is 1. The highest BCUT2D eigenvalue weighted by Gasteiger charge is 2.34. The molecule has 4 nitrogen and oxygen atoms in total. The second-order valence-corrected chi connectivity index (χ2v) is 6.90. The Morgan fingerprint density at radius 2 is 2.33 bits per heavy atom. The molecule has 2 aromatic heterocycles. The molecule has 2 atom stereocenters. The third-order valence-corrected chi connectivity index (χ3v) is 5.74. The smallest absolute Gasteiger partial charge is 0.256 e. The Labute approximate surface area is 127 Å². The van der Waals surface area contributed by atoms with Gasteiger partial charge in [-0.05, 0) is 42.9 Å². The first-order valence-corrected chi connectivity index (χ1v) is 8.33. The summed E-state index contributed by atoms with van der Waals surface area (Å²) < 4.78 is 5.40. The first-order valence-electron chi connectivity index (χ1n) is 7.51. The van der Waals surface area contributed by atoms with Crippen molar-refractivity contribution in [3.63, 3.8) is 0 Å². The van der Waals surface area contributed by atoms with Crippen LogP contribution in [0.15, 0.2) is 22.8 Å². The van der Waals surface area contributed by atoms with E-state index in [4.69, 9.17) is 4.42 Å². The molecule has 2 aliphatic rings. The third-order valence-electron chi connectivity index (χ3n) is 4.55. The van der Waals surface area contributed by atoms with Gasteiger partial charge < -0.3 is 15.1 Å². The first-order chi connectivity index (χ1) is 10.3. The van der Waals surface area contributed by atoms with Gasteiger partial charge in [-0.1, -0.05) is 13.3 Å². The van der Waals surface area contributed by atoms with Crippen LogP contribution in [0.4, 0.5) is 5.00 Å². The number of fused-ring (bicyclic) bond motifs is 3. The van der Waals surface area contributed by atoms with E-state index in [1.165, 1.54) is 23.3 Å². The molecule has 0 fully saturated rings. The van der Waals surface area contributed by atoms with Crippen molar-refractivity contribution in [2.45, 2.75) is 38.8 Å². The van der Waals surface area contributed by atoms with Gasteiger partial charge in [0.25, 0.3) is 5.91 Å². The van der Waals surface area contributed by atoms with Crippen molar-refractivity contribution >= 4 is 22.2 Å². The molecule has 0 bridgehead atoms. The van der Waals surface area contributed by atoms with E-state index in [-0.39, 0.29) is 12.1 Å². The topological polar surface area (TPSA) is 54.3 Å². The summed E-state index contributed by atoms with van der Waals surface area (Å²) >= 11 is 1.75. The number of carbonyl (C=O) groups excluding carboxylic acids is 1. The lowest BCUT2D eigenvalue weighted by molar-refractivity contribution is 0.0930. The Hall–Kier alpha value is -1.75. The number of nitrogens with one attached hydrogen (secondary N) is 2. The molecule has 2 aromatic rings. The number of rotatable bonds is 2. The minimum Gasteiger partial charge on any atom is -0.465 e. The fourth-order valence-electron chi connectivity index (χ4n) is 3.31. The molecule has 1 aliphatic heterocycles. The Balaban J connectivity index is 1.69. The predicted octanol–water partition coefficient (Wildman–Crippen LogP) is 3.71. The van der Waals surface area contributed by atoms with Gasteiger partial charge in [-0.25, -0.2) is 0 Å². The summed E-state index contributed by atoms with van der Waals surface area (Å²) in [6.45, 7) is 2.25. The van der Waals surface area contributed by atoms with Crippen LogP contribution in [-0.2, 0) is 12.8 Å². The lowest BCUT2D eigenvalue weighted by Crippen LogP contribution is -2.38. The maximum absolute atomic E-state index is 12.5. The minimum absolute atomic E-state index is 0.0256. The van der Waals surface area contributed by atoms with Crippen LogP contribution in [-0.4, -0.2) is 5.91 Å². The maximum Gasteiger partial charge on any atom is 0.256 e. The lowest BCUT2D eigenvalue weighted by atomic mass is 9.85. The zero-order valence-corrected chi connectivity index (χ0v) is 12.8. The molecular weight excluding hydrogens is 284 g/mol. The van der Waals surface area contributed by atoms with Gasteiger partial charge in [-0.15, -0.1) is 11.3 Å². The molecule has 0 saturated carbocycles. The predicted molar refractivity (Wildman–Crippen MR) is 82.7 cm³/mol. The van der Waals surface area contributed by atoms with Gasteiger partial charge in [0.15, 0.2) is 6.17 Å². The van der Waals surface area contributed by atoms with Crippen molar-refractivity contribution in [3.05, 3.63) is 40.2 Å². The van der Waals surface area contributed by atoms with Gasteiger partial charge in [-0.2, -0.15) is 0 Å². The van der Waals surface area contributed by atoms with Gasteiger partial charge in [0, 0.05) is 4.88 Å². The molecule has 0 spiro atoms. The Kier molecular flexibility index (Phi) is 3.03. The quantitative estimate of drug-likeness (QED) is 0.889. The van der Waals surface area contributed by atoms with Crippen LogP contribution in [0.1, 0.15) is 52.5 Å². The first kappa shape index (κ1) is 13.0. The SMILES string of the molecule is CC[C@@H]1CCc2c(sc3c2C(=O)N[C@@H](c2ccco2)N3)C1. The van der Waals surface area contributed by atoms with Crippen LogP contribution in [0.5, 0.6) is 0 Å². The average molecular weight is 302 g/mol. The van der Waals surface area contributed by atoms with Gasteiger partial charge in [0.05, 0.1) is 11.8 Å². The molecular formula is C16H18N2O2S. The Morgan fingerprint density at radius 1 is 1.43 bits per heavy atom. The zero-order chi connectivity index (χ0) is 14.4. The molecule has 5 heteroatoms. The number of carbonyl (C=O) groups is 1. The van der Waals surface area contributed by atoms with Crippen molar-refractivity contribution in [3.8, 4) is 0 Å². The highest BCUT2D eigenvalue weighted by molar-refractivity contribution is 7.16. The molecule has 4 rings (SSSR count). The van der Waals surface area contributed by atoms with E-state index in [9.17, 15) is 4.79 Å². The van der Waals surface area contributed by atoms with Crippen LogP contribution in [0.3, 0.4) is 0 Å². The van der Waals surface area contributed by atoms with E-state index in [1.54, 1.807) is 17.6 Å². The summed E-state index contributed by atoms with van der Waals surface area (Å²) in [5.41, 5.74) is 2.13. The standard InChI is InChI=1S/C16H18N2O2S/c1-2-9-5-6-10-12(8-9)21-16-13(10)15(19)17-14(18-16)11-4-3-7-20-11/h3-4,7,9,14,18H,2,5-6,8H2,1H3,(H,17,19)/t9-,14-/m1/s1. The highest BCUT2D eigenvalue weighted by atomic mass is 32.1. The largest absolute Gasteiger partial charge is 0.465 e. The van der Waals surface area contributed by atoms with Crippen LogP contribution in [0, 0.1) is 5.92 Å². The van der Waals surface area contributed by atoms with E-state index in [0.717, 1.165) is 35.1 Å². The van der Waals surface area contributed by atoms with Crippen molar-refractivity contribution in [2.75, 3.05) is 5.32 Å². The summed E-state index contributed by atoms with van der Waals surface area (Å²) in [5, 5.41) is 7.41. The summed E-state index contributed by atoms with van der Waals surface area (Å²) in [6, 6.07) is 3.72. The van der Waals surface area contributed by atoms with Crippen LogP contribution >= 0.6 is 11.3 Å². The van der Waals surface area contributed by atoms with Crippen molar-refractivity contribution < 1.29 is 9.21 Å². The number of hydrogen-bond donors (Lipinski definition) is 2. The second-order valence-electron chi connectivity index (χ2n) is 5.79. The highest BCUT2D eigenvalue weighted by Crippen LogP contribution is 2.43. The monoisotopic (exact) mass is 302 g/mol. The van der Waals surface area contributed by atoms with E-state index in [0.29, 0.717) is 0 Å². The van der Waals surface area contributed by atoms with Gasteiger partial charge in [0.2, 0.25) is 0 Å². The number of hydrogen-bond acceptors (Lipinski definition) is 4. The van der Waals surface area contributed by atoms with Crippen molar-refractivity contribution in [1.29, 1.82) is 0 Å². The molecule has 1 aliphatic carbocycles. The number of anilines is 1. The minimum atomic E-state index is -0.262. The normalized spacial score (nSPS) is 24.0. The van der Waals surface area contributed by atoms with E-state index in [1.807, 2.05) is 12.1 Å². The van der Waals surface area contributed by atoms with Crippen molar-refractivity contribution in [2.24, 2.45) is 5.92 Å². The molecule has 0 radical (unpaired) electrons. The summed E-state index contributed by atoms with van der Waals surface area (Å²) in [7, 11) is 0. The van der Waals surface area contributed by atoms with E-state index < -0.39 is 0 Å². The summed E-state index contributed by atoms with van der Waals surface area (Å²) in [4.78, 5) is 13.9. The fourth-order valence-corrected chi connectivity index (χ4v) is 4.70. The van der Waals surface area contributed by atoms with Gasteiger partial charge in [-0.3, -0.25) is 4.79 Å². The second kappa shape index (κ2) is 4.91. The Bertz CT molecular complexity index is 675.